The van der Waals surface area contributed by atoms with E-state index in [2.05, 4.69) is 15.3 Å². The van der Waals surface area contributed by atoms with Gasteiger partial charge in [-0.2, -0.15) is 0 Å². The number of aromatic nitrogens is 3. The number of benzene rings is 1. The van der Waals surface area contributed by atoms with Crippen molar-refractivity contribution in [2.45, 2.75) is 13.5 Å². The van der Waals surface area contributed by atoms with Crippen molar-refractivity contribution >= 4 is 17.5 Å². The number of rotatable bonds is 4. The maximum absolute atomic E-state index is 12.5. The molecule has 138 valence electrons. The molecule has 0 saturated heterocycles. The summed E-state index contributed by atoms with van der Waals surface area (Å²) in [5.74, 6) is -1.20. The Morgan fingerprint density at radius 2 is 2.07 bits per heavy atom. The van der Waals surface area contributed by atoms with E-state index in [0.717, 1.165) is 15.7 Å². The summed E-state index contributed by atoms with van der Waals surface area (Å²) in [6, 6.07) is 10.5. The molecule has 1 aromatic carbocycles. The monoisotopic (exact) mass is 384 g/mol. The molecule has 0 atom stereocenters. The second-order valence-electron chi connectivity index (χ2n) is 5.98. The number of aryl methyl sites for hydroxylation is 1. The van der Waals surface area contributed by atoms with Crippen LogP contribution in [0.1, 0.15) is 21.6 Å². The van der Waals surface area contributed by atoms with E-state index < -0.39 is 17.2 Å². The van der Waals surface area contributed by atoms with Gasteiger partial charge in [0.25, 0.3) is 11.5 Å². The van der Waals surface area contributed by atoms with Gasteiger partial charge in [-0.05, 0) is 36.2 Å². The summed E-state index contributed by atoms with van der Waals surface area (Å²) in [5.41, 5.74) is 1.05. The van der Waals surface area contributed by atoms with Gasteiger partial charge in [0, 0.05) is 24.8 Å². The first-order valence-electron chi connectivity index (χ1n) is 8.13. The largest absolute Gasteiger partial charge is 0.501 e. The molecule has 0 spiro atoms. The van der Waals surface area contributed by atoms with Crippen LogP contribution in [0.4, 0.5) is 0 Å². The quantitative estimate of drug-likeness (QED) is 0.720. The molecule has 2 N–H and O–H groups in total. The topological polar surface area (TPSA) is 97.1 Å². The first-order chi connectivity index (χ1) is 12.9. The Bertz CT molecular complexity index is 1060. The minimum Gasteiger partial charge on any atom is -0.501 e. The van der Waals surface area contributed by atoms with Crippen molar-refractivity contribution in [1.82, 2.24) is 19.9 Å². The maximum Gasteiger partial charge on any atom is 0.296 e. The number of aromatic hydroxyl groups is 1. The van der Waals surface area contributed by atoms with Crippen molar-refractivity contribution in [2.75, 3.05) is 0 Å². The van der Waals surface area contributed by atoms with Gasteiger partial charge in [0.2, 0.25) is 5.75 Å². The zero-order valence-electron chi connectivity index (χ0n) is 14.7. The van der Waals surface area contributed by atoms with Crippen LogP contribution in [0.25, 0.3) is 11.5 Å². The summed E-state index contributed by atoms with van der Waals surface area (Å²) < 4.78 is 1.15. The third-order valence-corrected chi connectivity index (χ3v) is 4.47. The van der Waals surface area contributed by atoms with Crippen LogP contribution >= 0.6 is 11.6 Å². The van der Waals surface area contributed by atoms with Gasteiger partial charge in [0.1, 0.15) is 5.69 Å². The smallest absolute Gasteiger partial charge is 0.296 e. The minimum atomic E-state index is -0.728. The molecule has 0 saturated carbocycles. The van der Waals surface area contributed by atoms with Crippen LogP contribution in [0.15, 0.2) is 47.4 Å². The van der Waals surface area contributed by atoms with Crippen molar-refractivity contribution in [1.29, 1.82) is 0 Å². The van der Waals surface area contributed by atoms with E-state index >= 15 is 0 Å². The number of amides is 1. The van der Waals surface area contributed by atoms with Gasteiger partial charge in [-0.15, -0.1) is 0 Å². The fourth-order valence-electron chi connectivity index (χ4n) is 2.49. The molecule has 3 rings (SSSR count). The van der Waals surface area contributed by atoms with Crippen molar-refractivity contribution in [2.24, 2.45) is 7.05 Å². The summed E-state index contributed by atoms with van der Waals surface area (Å²) >= 11 is 6.08. The van der Waals surface area contributed by atoms with E-state index in [4.69, 9.17) is 11.6 Å². The van der Waals surface area contributed by atoms with E-state index in [1.54, 1.807) is 30.5 Å². The Morgan fingerprint density at radius 3 is 2.74 bits per heavy atom. The highest BCUT2D eigenvalue weighted by Crippen LogP contribution is 2.18. The molecule has 7 nitrogen and oxygen atoms in total. The molecule has 0 aliphatic rings. The molecule has 0 radical (unpaired) electrons. The molecule has 27 heavy (non-hydrogen) atoms. The van der Waals surface area contributed by atoms with Crippen LogP contribution in [-0.4, -0.2) is 25.5 Å². The van der Waals surface area contributed by atoms with Crippen molar-refractivity contribution < 1.29 is 9.90 Å². The highest BCUT2D eigenvalue weighted by molar-refractivity contribution is 6.31. The second-order valence-corrected chi connectivity index (χ2v) is 6.39. The normalized spacial score (nSPS) is 10.6. The van der Waals surface area contributed by atoms with Crippen LogP contribution < -0.4 is 10.9 Å². The van der Waals surface area contributed by atoms with Crippen LogP contribution in [0.5, 0.6) is 5.75 Å². The molecular formula is C19H17ClN4O3. The highest BCUT2D eigenvalue weighted by Gasteiger charge is 2.21. The summed E-state index contributed by atoms with van der Waals surface area (Å²) in [6.45, 7) is 2.06. The van der Waals surface area contributed by atoms with Crippen LogP contribution in [0, 0.1) is 6.92 Å². The third-order valence-electron chi connectivity index (χ3n) is 4.07. The number of hydrogen-bond acceptors (Lipinski definition) is 5. The number of nitrogens with one attached hydrogen (secondary N) is 1. The highest BCUT2D eigenvalue weighted by atomic mass is 35.5. The summed E-state index contributed by atoms with van der Waals surface area (Å²) in [4.78, 5) is 33.1. The molecule has 0 unspecified atom stereocenters. The van der Waals surface area contributed by atoms with Crippen LogP contribution in [0.2, 0.25) is 5.02 Å². The predicted molar refractivity (Wildman–Crippen MR) is 102 cm³/mol. The standard InChI is InChI=1S/C19H17ClN4O3/c1-11-6-7-12(9-13(11)20)10-22-18(26)15-16(25)19(27)24(2)17(23-15)14-5-3-4-8-21-14/h3-9,25H,10H2,1-2H3,(H,22,26). The summed E-state index contributed by atoms with van der Waals surface area (Å²) in [7, 11) is 1.45. The number of pyridine rings is 1. The second kappa shape index (κ2) is 7.59. The molecule has 3 aromatic rings. The lowest BCUT2D eigenvalue weighted by Gasteiger charge is -2.11. The fraction of sp³-hybridized carbons (Fsp3) is 0.158. The zero-order chi connectivity index (χ0) is 19.6. The Labute approximate surface area is 160 Å². The third kappa shape index (κ3) is 3.83. The lowest BCUT2D eigenvalue weighted by molar-refractivity contribution is 0.0942. The Morgan fingerprint density at radius 1 is 1.30 bits per heavy atom. The van der Waals surface area contributed by atoms with Crippen molar-refractivity contribution in [3.8, 4) is 17.3 Å². The van der Waals surface area contributed by atoms with Gasteiger partial charge < -0.3 is 10.4 Å². The molecule has 2 heterocycles. The van der Waals surface area contributed by atoms with Gasteiger partial charge in [-0.25, -0.2) is 4.98 Å². The van der Waals surface area contributed by atoms with E-state index in [-0.39, 0.29) is 18.1 Å². The molecule has 8 heteroatoms. The van der Waals surface area contributed by atoms with Crippen LogP contribution in [0.3, 0.4) is 0 Å². The van der Waals surface area contributed by atoms with E-state index in [0.29, 0.717) is 10.7 Å². The van der Waals surface area contributed by atoms with Gasteiger partial charge in [0.05, 0.1) is 0 Å². The Balaban J connectivity index is 1.91. The fourth-order valence-corrected chi connectivity index (χ4v) is 2.69. The molecule has 0 aliphatic carbocycles. The van der Waals surface area contributed by atoms with Crippen molar-refractivity contribution in [3.63, 3.8) is 0 Å². The molecule has 0 fully saturated rings. The number of nitrogens with zero attached hydrogens (tertiary/aromatic N) is 3. The maximum atomic E-state index is 12.5. The summed E-state index contributed by atoms with van der Waals surface area (Å²) in [5, 5.41) is 13.3. The van der Waals surface area contributed by atoms with E-state index in [9.17, 15) is 14.7 Å². The first-order valence-corrected chi connectivity index (χ1v) is 8.51. The summed E-state index contributed by atoms with van der Waals surface area (Å²) in [6.07, 6.45) is 1.55. The van der Waals surface area contributed by atoms with Gasteiger partial charge in [-0.1, -0.05) is 29.8 Å². The van der Waals surface area contributed by atoms with E-state index in [1.807, 2.05) is 19.1 Å². The molecule has 1 amide bonds. The Hall–Kier alpha value is -3.19. The van der Waals surface area contributed by atoms with Crippen molar-refractivity contribution in [3.05, 3.63) is 74.8 Å². The van der Waals surface area contributed by atoms with Gasteiger partial charge in [0.15, 0.2) is 11.5 Å². The number of hydrogen-bond donors (Lipinski definition) is 2. The van der Waals surface area contributed by atoms with Gasteiger partial charge >= 0.3 is 0 Å². The first kappa shape index (κ1) is 18.6. The average molecular weight is 385 g/mol. The molecule has 0 bridgehead atoms. The molecule has 0 aliphatic heterocycles. The lowest BCUT2D eigenvalue weighted by Crippen LogP contribution is -2.29. The SMILES string of the molecule is Cc1ccc(CNC(=O)c2nc(-c3ccccn3)n(C)c(=O)c2O)cc1Cl. The molecule has 2 aromatic heterocycles. The minimum absolute atomic E-state index is 0.175. The number of carbonyl (C=O) groups excluding carboxylic acids is 1. The lowest BCUT2D eigenvalue weighted by atomic mass is 10.1. The van der Waals surface area contributed by atoms with E-state index in [1.165, 1.54) is 7.05 Å². The average Bonchev–Trinajstić information content (AvgIpc) is 2.68. The Kier molecular flexibility index (Phi) is 5.23. The van der Waals surface area contributed by atoms with Gasteiger partial charge in [-0.3, -0.25) is 19.1 Å². The zero-order valence-corrected chi connectivity index (χ0v) is 15.5. The van der Waals surface area contributed by atoms with Crippen LogP contribution in [-0.2, 0) is 13.6 Å². The number of carbonyl (C=O) groups is 1. The number of halogens is 1. The molecular weight excluding hydrogens is 368 g/mol. The predicted octanol–water partition coefficient (Wildman–Crippen LogP) is 2.44.